The lowest BCUT2D eigenvalue weighted by Crippen LogP contribution is -2.65. The number of hydrogen-bond donors (Lipinski definition) is 0. The van der Waals surface area contributed by atoms with E-state index in [1.165, 1.54) is 11.0 Å². The molecule has 0 aliphatic carbocycles. The Morgan fingerprint density at radius 2 is 1.60 bits per heavy atom. The highest BCUT2D eigenvalue weighted by Crippen LogP contribution is 2.40. The number of nitrogens with zero attached hydrogens (tertiary/aromatic N) is 3. The van der Waals surface area contributed by atoms with Crippen LogP contribution in [0.25, 0.3) is 0 Å². The molecule has 53 heavy (non-hydrogen) atoms. The maximum Gasteiger partial charge on any atom is 0.378 e. The molecular weight excluding hydrogens is 704 g/mol. The SMILES string of the molecule is [B]OC(=O)C1=C(C[N@+]23CCC[C@H]2CN(C(=O)c2ccc(OCc4ccc(OC)cc4)c(OCc4ccc(OC)cc4)c2F)CC3)CS(=O)[C@@H]2CC(=O)N12. The maximum absolute atomic E-state index is 16.5. The van der Waals surface area contributed by atoms with Crippen molar-refractivity contribution in [3.63, 3.8) is 0 Å². The quantitative estimate of drug-likeness (QED) is 0.156. The van der Waals surface area contributed by atoms with E-state index < -0.39 is 33.9 Å². The molecule has 0 aromatic heterocycles. The first-order valence-corrected chi connectivity index (χ1v) is 18.8. The largest absolute Gasteiger partial charge is 0.539 e. The summed E-state index contributed by atoms with van der Waals surface area (Å²) in [7, 11) is 7.06. The van der Waals surface area contributed by atoms with E-state index in [4.69, 9.17) is 27.0 Å². The van der Waals surface area contributed by atoms with E-state index in [1.54, 1.807) is 49.5 Å². The van der Waals surface area contributed by atoms with Crippen LogP contribution in [0, 0.1) is 5.82 Å². The fourth-order valence-electron chi connectivity index (χ4n) is 7.85. The van der Waals surface area contributed by atoms with Crippen molar-refractivity contribution in [3.05, 3.63) is 94.4 Å². The number of quaternary nitrogens is 1. The second-order valence-corrected chi connectivity index (χ2v) is 15.3. The van der Waals surface area contributed by atoms with Crippen molar-refractivity contribution in [2.45, 2.75) is 43.9 Å². The minimum atomic E-state index is -1.36. The van der Waals surface area contributed by atoms with Gasteiger partial charge in [0.25, 0.3) is 5.91 Å². The molecule has 4 atom stereocenters. The van der Waals surface area contributed by atoms with E-state index in [1.807, 2.05) is 24.3 Å². The molecule has 15 heteroatoms. The summed E-state index contributed by atoms with van der Waals surface area (Å²) in [6, 6.07) is 17.5. The van der Waals surface area contributed by atoms with Crippen molar-refractivity contribution in [2.75, 3.05) is 52.7 Å². The summed E-state index contributed by atoms with van der Waals surface area (Å²) in [6.07, 6.45) is 1.80. The van der Waals surface area contributed by atoms with Crippen LogP contribution in [0.2, 0.25) is 0 Å². The monoisotopic (exact) mass is 744 g/mol. The van der Waals surface area contributed by atoms with E-state index in [0.717, 1.165) is 30.5 Å². The number of rotatable bonds is 12. The van der Waals surface area contributed by atoms with Crippen LogP contribution < -0.4 is 18.9 Å². The van der Waals surface area contributed by atoms with E-state index in [2.05, 4.69) is 4.65 Å². The van der Waals surface area contributed by atoms with Gasteiger partial charge in [0.1, 0.15) is 48.4 Å². The fourth-order valence-corrected chi connectivity index (χ4v) is 9.40. The third-order valence-corrected chi connectivity index (χ3v) is 12.4. The maximum atomic E-state index is 16.5. The molecule has 4 aliphatic heterocycles. The second-order valence-electron chi connectivity index (χ2n) is 13.7. The smallest absolute Gasteiger partial charge is 0.378 e. The zero-order valence-corrected chi connectivity index (χ0v) is 30.4. The lowest BCUT2D eigenvalue weighted by Gasteiger charge is -2.49. The van der Waals surface area contributed by atoms with Gasteiger partial charge in [-0.25, -0.2) is 9.18 Å². The molecule has 0 spiro atoms. The molecule has 12 nitrogen and oxygen atoms in total. The van der Waals surface area contributed by atoms with Crippen LogP contribution in [0.15, 0.2) is 71.9 Å². The highest BCUT2D eigenvalue weighted by molar-refractivity contribution is 7.86. The number of β-lactam (4-membered cyclic amide) rings is 1. The molecule has 4 aliphatic rings. The van der Waals surface area contributed by atoms with Gasteiger partial charge in [-0.3, -0.25) is 18.7 Å². The Labute approximate surface area is 310 Å². The van der Waals surface area contributed by atoms with E-state index in [-0.39, 0.29) is 60.1 Å². The van der Waals surface area contributed by atoms with Gasteiger partial charge in [0, 0.05) is 29.2 Å². The molecule has 3 fully saturated rings. The van der Waals surface area contributed by atoms with Gasteiger partial charge in [0.05, 0.1) is 58.1 Å². The number of methoxy groups -OCH3 is 2. The summed E-state index contributed by atoms with van der Waals surface area (Å²) >= 11 is 0. The number of carbonyl (C=O) groups excluding carboxylic acids is 3. The van der Waals surface area contributed by atoms with Gasteiger partial charge < -0.3 is 33.0 Å². The number of fused-ring (bicyclic) bond motifs is 2. The molecule has 0 bridgehead atoms. The molecule has 2 radical (unpaired) electrons. The van der Waals surface area contributed by atoms with Crippen molar-refractivity contribution >= 4 is 36.6 Å². The van der Waals surface area contributed by atoms with Crippen LogP contribution in [0.4, 0.5) is 4.39 Å². The van der Waals surface area contributed by atoms with Gasteiger partial charge >= 0.3 is 14.0 Å². The van der Waals surface area contributed by atoms with Gasteiger partial charge in [-0.15, -0.1) is 0 Å². The molecule has 1 unspecified atom stereocenters. The Hall–Kier alpha value is -4.89. The predicted molar refractivity (Wildman–Crippen MR) is 192 cm³/mol. The Morgan fingerprint density at radius 1 is 0.943 bits per heavy atom. The molecule has 0 saturated carbocycles. The van der Waals surface area contributed by atoms with Crippen LogP contribution in [0.3, 0.4) is 0 Å². The lowest BCUT2D eigenvalue weighted by atomic mass is 10.0. The summed E-state index contributed by atoms with van der Waals surface area (Å²) in [5, 5.41) is -0.552. The van der Waals surface area contributed by atoms with E-state index in [0.29, 0.717) is 47.7 Å². The number of hydrogen-bond acceptors (Lipinski definition) is 9. The molecule has 4 heterocycles. The van der Waals surface area contributed by atoms with Crippen molar-refractivity contribution in [1.82, 2.24) is 9.80 Å². The van der Waals surface area contributed by atoms with E-state index in [9.17, 15) is 18.6 Å². The minimum absolute atomic E-state index is 0.0189. The Bertz CT molecular complexity index is 1960. The zero-order chi connectivity index (χ0) is 37.3. The Balaban J connectivity index is 1.11. The topological polar surface area (TPSA) is 121 Å². The first kappa shape index (κ1) is 36.5. The summed E-state index contributed by atoms with van der Waals surface area (Å²) < 4.78 is 57.2. The highest BCUT2D eigenvalue weighted by Gasteiger charge is 2.53. The second kappa shape index (κ2) is 15.2. The van der Waals surface area contributed by atoms with Gasteiger partial charge in [0.2, 0.25) is 5.91 Å². The predicted octanol–water partition coefficient (Wildman–Crippen LogP) is 3.64. The molecule has 7 rings (SSSR count). The average Bonchev–Trinajstić information content (AvgIpc) is 3.59. The van der Waals surface area contributed by atoms with Crippen molar-refractivity contribution < 1.29 is 51.1 Å². The summed E-state index contributed by atoms with van der Waals surface area (Å²) in [4.78, 5) is 42.3. The fraction of sp³-hybridized carbons (Fsp3) is 0.395. The molecule has 2 amide bonds. The molecule has 3 aromatic rings. The van der Waals surface area contributed by atoms with Crippen LogP contribution in [0.1, 0.15) is 40.7 Å². The highest BCUT2D eigenvalue weighted by atomic mass is 32.2. The van der Waals surface area contributed by atoms with Crippen LogP contribution in [-0.2, 0) is 38.3 Å². The average molecular weight is 745 g/mol. The van der Waals surface area contributed by atoms with Crippen molar-refractivity contribution in [2.24, 2.45) is 0 Å². The lowest BCUT2D eigenvalue weighted by molar-refractivity contribution is -0.938. The number of piperazine rings is 1. The summed E-state index contributed by atoms with van der Waals surface area (Å²) in [5.41, 5.74) is 2.12. The third-order valence-electron chi connectivity index (χ3n) is 10.7. The van der Waals surface area contributed by atoms with E-state index >= 15 is 4.39 Å². The van der Waals surface area contributed by atoms with Gasteiger partial charge in [-0.05, 0) is 47.5 Å². The summed E-state index contributed by atoms with van der Waals surface area (Å²) in [6.45, 7) is 2.51. The van der Waals surface area contributed by atoms with Gasteiger partial charge in [-0.1, -0.05) is 24.3 Å². The first-order valence-electron chi connectivity index (χ1n) is 17.5. The standard InChI is InChI=1S/C38H40BFN3O9S/c1-48-28-9-5-24(6-10-28)21-50-31-14-13-30(34(40)36(31)51-22-25-7-11-29(49-2)12-8-25)37(45)41-15-17-43(16-3-4-27(43)19-41)20-26-23-53(47)33-18-32(44)42(33)35(26)38(46)52-39/h5-14,27,33H,3-4,15-23H2,1-2H3/q+1/t27-,33+,43+,53?/m0/s1. The molecule has 3 saturated heterocycles. The summed E-state index contributed by atoms with van der Waals surface area (Å²) in [5.74, 6) is -0.903. The minimum Gasteiger partial charge on any atom is -0.539 e. The van der Waals surface area contributed by atoms with Gasteiger partial charge in [0.15, 0.2) is 17.3 Å². The molecule has 3 aromatic carbocycles. The third kappa shape index (κ3) is 7.11. The van der Waals surface area contributed by atoms with Crippen molar-refractivity contribution in [3.8, 4) is 23.0 Å². The van der Waals surface area contributed by atoms with Crippen LogP contribution >= 0.6 is 0 Å². The number of ether oxygens (including phenoxy) is 4. The normalized spacial score (nSPS) is 23.5. The Kier molecular flexibility index (Phi) is 10.5. The molecule has 276 valence electrons. The molecular formula is C38H40BFN3O9S+. The number of halogens is 1. The number of benzene rings is 3. The van der Waals surface area contributed by atoms with Crippen LogP contribution in [-0.4, -0.2) is 108 Å². The Morgan fingerprint density at radius 3 is 2.23 bits per heavy atom. The molecule has 0 N–H and O–H groups in total. The number of carbonyl (C=O) groups is 3. The van der Waals surface area contributed by atoms with Crippen LogP contribution in [0.5, 0.6) is 23.0 Å². The first-order chi connectivity index (χ1) is 25.6. The number of amides is 2. The van der Waals surface area contributed by atoms with Gasteiger partial charge in [-0.2, -0.15) is 0 Å². The zero-order valence-electron chi connectivity index (χ0n) is 29.6. The van der Waals surface area contributed by atoms with Crippen molar-refractivity contribution in [1.29, 1.82) is 0 Å².